The van der Waals surface area contributed by atoms with Crippen molar-refractivity contribution in [1.29, 1.82) is 0 Å². The van der Waals surface area contributed by atoms with Crippen LogP contribution in [0.1, 0.15) is 31.9 Å². The topological polar surface area (TPSA) is 21.3 Å². The van der Waals surface area contributed by atoms with E-state index < -0.39 is 0 Å². The first-order valence-electron chi connectivity index (χ1n) is 5.95. The lowest BCUT2D eigenvalue weighted by Gasteiger charge is -2.19. The predicted molar refractivity (Wildman–Crippen MR) is 68.9 cm³/mol. The van der Waals surface area contributed by atoms with E-state index in [4.69, 9.17) is 16.3 Å². The Morgan fingerprint density at radius 3 is 2.76 bits per heavy atom. The van der Waals surface area contributed by atoms with Gasteiger partial charge in [-0.1, -0.05) is 24.6 Å². The van der Waals surface area contributed by atoms with Gasteiger partial charge in [0.15, 0.2) is 0 Å². The maximum atomic E-state index is 13.8. The van der Waals surface area contributed by atoms with Crippen molar-refractivity contribution in [1.82, 2.24) is 5.32 Å². The van der Waals surface area contributed by atoms with Crippen LogP contribution in [-0.2, 0) is 4.74 Å². The minimum Gasteiger partial charge on any atom is -0.382 e. The summed E-state index contributed by atoms with van der Waals surface area (Å²) in [6.07, 6.45) is 0.750. The van der Waals surface area contributed by atoms with Crippen LogP contribution in [0.25, 0.3) is 0 Å². The molecule has 0 amide bonds. The van der Waals surface area contributed by atoms with E-state index in [-0.39, 0.29) is 11.9 Å². The first-order valence-corrected chi connectivity index (χ1v) is 6.32. The smallest absolute Gasteiger partial charge is 0.129 e. The van der Waals surface area contributed by atoms with Gasteiger partial charge in [-0.25, -0.2) is 4.39 Å². The fraction of sp³-hybridized carbons (Fsp3) is 0.538. The summed E-state index contributed by atoms with van der Waals surface area (Å²) in [5.41, 5.74) is 0.649. The van der Waals surface area contributed by atoms with Crippen LogP contribution in [0.3, 0.4) is 0 Å². The normalized spacial score (nSPS) is 12.7. The molecule has 1 N–H and O–H groups in total. The summed E-state index contributed by atoms with van der Waals surface area (Å²) in [6.45, 7) is 6.05. The fourth-order valence-electron chi connectivity index (χ4n) is 1.74. The Hall–Kier alpha value is -0.640. The molecule has 0 saturated heterocycles. The lowest BCUT2D eigenvalue weighted by Crippen LogP contribution is -2.23. The van der Waals surface area contributed by atoms with Gasteiger partial charge in [-0.2, -0.15) is 0 Å². The average molecular weight is 260 g/mol. The summed E-state index contributed by atoms with van der Waals surface area (Å²) in [5.74, 6) is -0.264. The average Bonchev–Trinajstić information content (AvgIpc) is 2.28. The van der Waals surface area contributed by atoms with E-state index in [2.05, 4.69) is 5.32 Å². The largest absolute Gasteiger partial charge is 0.382 e. The summed E-state index contributed by atoms with van der Waals surface area (Å²) >= 11 is 5.74. The zero-order chi connectivity index (χ0) is 12.7. The van der Waals surface area contributed by atoms with Crippen LogP contribution in [0.15, 0.2) is 18.2 Å². The number of hydrogen-bond acceptors (Lipinski definition) is 2. The van der Waals surface area contributed by atoms with Crippen molar-refractivity contribution in [2.24, 2.45) is 0 Å². The molecule has 2 nitrogen and oxygen atoms in total. The second-order valence-electron chi connectivity index (χ2n) is 3.76. The standard InChI is InChI=1S/C13H19ClFNO/c1-3-16-13(7-8-17-4-2)11-6-5-10(14)9-12(11)15/h5-6,9,13,16H,3-4,7-8H2,1-2H3. The third-order valence-electron chi connectivity index (χ3n) is 2.54. The van der Waals surface area contributed by atoms with E-state index in [0.29, 0.717) is 23.8 Å². The van der Waals surface area contributed by atoms with Gasteiger partial charge in [0, 0.05) is 29.8 Å². The quantitative estimate of drug-likeness (QED) is 0.756. The third kappa shape index (κ3) is 4.62. The molecule has 0 aliphatic heterocycles. The summed E-state index contributed by atoms with van der Waals surface area (Å²) in [4.78, 5) is 0. The number of halogens is 2. The summed E-state index contributed by atoms with van der Waals surface area (Å²) in [7, 11) is 0. The van der Waals surface area contributed by atoms with Gasteiger partial charge < -0.3 is 10.1 Å². The minimum absolute atomic E-state index is 0.0242. The molecule has 0 saturated carbocycles. The highest BCUT2D eigenvalue weighted by atomic mass is 35.5. The van der Waals surface area contributed by atoms with Crippen LogP contribution in [-0.4, -0.2) is 19.8 Å². The SMILES string of the molecule is CCNC(CCOCC)c1ccc(Cl)cc1F. The highest BCUT2D eigenvalue weighted by Crippen LogP contribution is 2.23. The Morgan fingerprint density at radius 1 is 1.41 bits per heavy atom. The van der Waals surface area contributed by atoms with E-state index in [0.717, 1.165) is 13.0 Å². The molecular formula is C13H19ClFNO. The number of hydrogen-bond donors (Lipinski definition) is 1. The maximum Gasteiger partial charge on any atom is 0.129 e. The van der Waals surface area contributed by atoms with E-state index in [1.807, 2.05) is 13.8 Å². The van der Waals surface area contributed by atoms with Crippen LogP contribution < -0.4 is 5.32 Å². The number of nitrogens with one attached hydrogen (secondary N) is 1. The second kappa shape index (κ2) is 7.64. The van der Waals surface area contributed by atoms with Crippen molar-refractivity contribution in [3.63, 3.8) is 0 Å². The van der Waals surface area contributed by atoms with Crippen molar-refractivity contribution in [3.05, 3.63) is 34.6 Å². The molecule has 1 aromatic carbocycles. The van der Waals surface area contributed by atoms with E-state index in [9.17, 15) is 4.39 Å². The first kappa shape index (κ1) is 14.4. The van der Waals surface area contributed by atoms with Gasteiger partial charge in [0.1, 0.15) is 5.82 Å². The predicted octanol–water partition coefficient (Wildman–Crippen LogP) is 3.56. The molecule has 0 radical (unpaired) electrons. The molecule has 1 aromatic rings. The van der Waals surface area contributed by atoms with Gasteiger partial charge >= 0.3 is 0 Å². The zero-order valence-electron chi connectivity index (χ0n) is 10.3. The molecule has 1 unspecified atom stereocenters. The number of benzene rings is 1. The van der Waals surface area contributed by atoms with Gasteiger partial charge in [0.2, 0.25) is 0 Å². The first-order chi connectivity index (χ1) is 8.19. The lowest BCUT2D eigenvalue weighted by atomic mass is 10.0. The van der Waals surface area contributed by atoms with E-state index in [1.165, 1.54) is 6.07 Å². The summed E-state index contributed by atoms with van der Waals surface area (Å²) in [6, 6.07) is 4.77. The van der Waals surface area contributed by atoms with Crippen LogP contribution in [0.2, 0.25) is 5.02 Å². The van der Waals surface area contributed by atoms with Gasteiger partial charge in [0.25, 0.3) is 0 Å². The minimum atomic E-state index is -0.264. The molecule has 1 rings (SSSR count). The van der Waals surface area contributed by atoms with Crippen LogP contribution in [0.5, 0.6) is 0 Å². The Bertz CT molecular complexity index is 346. The fourth-order valence-corrected chi connectivity index (χ4v) is 1.90. The molecule has 17 heavy (non-hydrogen) atoms. The molecule has 0 fully saturated rings. The van der Waals surface area contributed by atoms with E-state index in [1.54, 1.807) is 12.1 Å². The molecule has 0 spiro atoms. The zero-order valence-corrected chi connectivity index (χ0v) is 11.1. The summed E-state index contributed by atoms with van der Waals surface area (Å²) in [5, 5.41) is 3.68. The van der Waals surface area contributed by atoms with Crippen LogP contribution in [0.4, 0.5) is 4.39 Å². The number of ether oxygens (including phenoxy) is 1. The lowest BCUT2D eigenvalue weighted by molar-refractivity contribution is 0.136. The highest BCUT2D eigenvalue weighted by Gasteiger charge is 2.14. The van der Waals surface area contributed by atoms with Gasteiger partial charge in [-0.05, 0) is 32.0 Å². The maximum absolute atomic E-state index is 13.8. The number of rotatable bonds is 7. The highest BCUT2D eigenvalue weighted by molar-refractivity contribution is 6.30. The van der Waals surface area contributed by atoms with Gasteiger partial charge in [-0.3, -0.25) is 0 Å². The van der Waals surface area contributed by atoms with Crippen molar-refractivity contribution in [3.8, 4) is 0 Å². The molecule has 0 aliphatic carbocycles. The summed E-state index contributed by atoms with van der Waals surface area (Å²) < 4.78 is 19.1. The molecule has 96 valence electrons. The van der Waals surface area contributed by atoms with Gasteiger partial charge in [-0.15, -0.1) is 0 Å². The van der Waals surface area contributed by atoms with Crippen molar-refractivity contribution >= 4 is 11.6 Å². The third-order valence-corrected chi connectivity index (χ3v) is 2.78. The molecule has 0 aliphatic rings. The van der Waals surface area contributed by atoms with Gasteiger partial charge in [0.05, 0.1) is 0 Å². The Balaban J connectivity index is 2.74. The van der Waals surface area contributed by atoms with Crippen molar-refractivity contribution in [2.75, 3.05) is 19.8 Å². The molecule has 1 atom stereocenters. The molecule has 0 aromatic heterocycles. The monoisotopic (exact) mass is 259 g/mol. The molecule has 4 heteroatoms. The molecular weight excluding hydrogens is 241 g/mol. The molecule has 0 bridgehead atoms. The van der Waals surface area contributed by atoms with Crippen LogP contribution >= 0.6 is 11.6 Å². The Morgan fingerprint density at radius 2 is 2.18 bits per heavy atom. The van der Waals surface area contributed by atoms with E-state index >= 15 is 0 Å². The Labute approximate surface area is 107 Å². The Kier molecular flexibility index (Phi) is 6.48. The van der Waals surface area contributed by atoms with Crippen molar-refractivity contribution < 1.29 is 9.13 Å². The van der Waals surface area contributed by atoms with Crippen molar-refractivity contribution in [2.45, 2.75) is 26.3 Å². The van der Waals surface area contributed by atoms with Crippen LogP contribution in [0, 0.1) is 5.82 Å². The second-order valence-corrected chi connectivity index (χ2v) is 4.20. The molecule has 0 heterocycles.